The quantitative estimate of drug-likeness (QED) is 0.107. The zero-order chi connectivity index (χ0) is 28.1. The van der Waals surface area contributed by atoms with Crippen molar-refractivity contribution in [3.8, 4) is 11.5 Å². The summed E-state index contributed by atoms with van der Waals surface area (Å²) in [5.74, 6) is 1.64. The first-order valence-corrected chi connectivity index (χ1v) is 15.5. The van der Waals surface area contributed by atoms with Gasteiger partial charge in [-0.15, -0.1) is 0 Å². The molecule has 0 aliphatic heterocycles. The lowest BCUT2D eigenvalue weighted by atomic mass is 9.48. The summed E-state index contributed by atoms with van der Waals surface area (Å²) in [7, 11) is 0. The first-order valence-electron chi connectivity index (χ1n) is 15.5. The second-order valence-electron chi connectivity index (χ2n) is 12.7. The van der Waals surface area contributed by atoms with E-state index in [0.29, 0.717) is 12.2 Å². The largest absolute Gasteiger partial charge is 0.493 e. The van der Waals surface area contributed by atoms with Crippen LogP contribution in [-0.4, -0.2) is 23.7 Å². The van der Waals surface area contributed by atoms with Crippen LogP contribution in [0.15, 0.2) is 36.4 Å². The highest BCUT2D eigenvalue weighted by Gasteiger charge is 2.52. The molecular formula is C34H45NO5. The highest BCUT2D eigenvalue weighted by atomic mass is 16.5. The van der Waals surface area contributed by atoms with Crippen LogP contribution >= 0.6 is 0 Å². The molecule has 0 radical (unpaired) electrons. The van der Waals surface area contributed by atoms with Gasteiger partial charge in [-0.3, -0.25) is 0 Å². The number of nitrogens with two attached hydrogens (primary N) is 1. The fraction of sp³-hybridized carbons (Fsp3) is 0.588. The van der Waals surface area contributed by atoms with Crippen LogP contribution in [0.4, 0.5) is 5.69 Å². The van der Waals surface area contributed by atoms with E-state index in [2.05, 4.69) is 6.92 Å². The van der Waals surface area contributed by atoms with E-state index in [1.807, 2.05) is 12.1 Å². The van der Waals surface area contributed by atoms with Gasteiger partial charge in [0.25, 0.3) is 0 Å². The summed E-state index contributed by atoms with van der Waals surface area (Å²) in [6, 6.07) is 9.87. The molecule has 4 fully saturated rings. The van der Waals surface area contributed by atoms with Crippen LogP contribution in [0.2, 0.25) is 0 Å². The minimum absolute atomic E-state index is 0.0240. The zero-order valence-corrected chi connectivity index (χ0v) is 24.0. The summed E-state index contributed by atoms with van der Waals surface area (Å²) in [6.07, 6.45) is 17.6. The molecule has 6 nitrogen and oxygen atoms in total. The average molecular weight is 548 g/mol. The molecule has 6 rings (SSSR count). The van der Waals surface area contributed by atoms with Crippen LogP contribution in [0.3, 0.4) is 0 Å². The van der Waals surface area contributed by atoms with E-state index in [4.69, 9.17) is 15.2 Å². The van der Waals surface area contributed by atoms with E-state index in [1.165, 1.54) is 102 Å². The summed E-state index contributed by atoms with van der Waals surface area (Å²) < 4.78 is 12.1. The molecule has 0 spiro atoms. The maximum atomic E-state index is 13.3. The number of hydrogen-bond donors (Lipinski definition) is 2. The zero-order valence-electron chi connectivity index (χ0n) is 24.0. The minimum Gasteiger partial charge on any atom is -0.493 e. The number of carboxylic acids is 1. The summed E-state index contributed by atoms with van der Waals surface area (Å²) in [5, 5.41) is 9.34. The number of nitrogen functional groups attached to an aromatic ring is 1. The molecule has 6 heteroatoms. The molecule has 0 heterocycles. The maximum absolute atomic E-state index is 13.3. The number of aromatic carboxylic acids is 1. The van der Waals surface area contributed by atoms with Gasteiger partial charge in [0.05, 0.1) is 23.4 Å². The monoisotopic (exact) mass is 547 g/mol. The molecule has 2 aromatic rings. The first kappa shape index (κ1) is 28.5. The summed E-state index contributed by atoms with van der Waals surface area (Å²) in [5.41, 5.74) is 7.92. The van der Waals surface area contributed by atoms with Crippen molar-refractivity contribution in [1.82, 2.24) is 0 Å². The number of rotatable bonds is 14. The highest BCUT2D eigenvalue weighted by molar-refractivity contribution is 5.93. The van der Waals surface area contributed by atoms with E-state index >= 15 is 0 Å². The normalized spacial score (nSPS) is 24.7. The Morgan fingerprint density at radius 1 is 0.825 bits per heavy atom. The van der Waals surface area contributed by atoms with E-state index in [-0.39, 0.29) is 22.4 Å². The predicted molar refractivity (Wildman–Crippen MR) is 157 cm³/mol. The van der Waals surface area contributed by atoms with Gasteiger partial charge in [-0.1, -0.05) is 51.9 Å². The highest BCUT2D eigenvalue weighted by Crippen LogP contribution is 2.62. The van der Waals surface area contributed by atoms with Crippen LogP contribution in [0.5, 0.6) is 11.5 Å². The van der Waals surface area contributed by atoms with Crippen LogP contribution in [0, 0.1) is 17.8 Å². The van der Waals surface area contributed by atoms with Gasteiger partial charge in [-0.25, -0.2) is 9.59 Å². The smallest absolute Gasteiger partial charge is 0.343 e. The fourth-order valence-corrected chi connectivity index (χ4v) is 7.97. The van der Waals surface area contributed by atoms with Crippen LogP contribution in [0.1, 0.15) is 123 Å². The van der Waals surface area contributed by atoms with Crippen molar-refractivity contribution in [3.63, 3.8) is 0 Å². The first-order chi connectivity index (χ1) is 19.4. The standard InChI is InChI=1S/C34H45NO5/c1-2-3-4-5-6-7-8-9-14-39-30-13-11-27(33(38)40-31-19-26(32(36)37)10-12-29(31)35)18-28(30)34-20-23-15-24(21-34)17-25(16-23)22-34/h10-13,18-19,23-25H,2-9,14-17,20-22,35H2,1H3,(H,36,37). The van der Waals surface area contributed by atoms with E-state index in [1.54, 1.807) is 6.07 Å². The number of ether oxygens (including phenoxy) is 2. The van der Waals surface area contributed by atoms with Gasteiger partial charge in [-0.2, -0.15) is 0 Å². The second kappa shape index (κ2) is 12.7. The van der Waals surface area contributed by atoms with Crippen molar-refractivity contribution in [2.75, 3.05) is 12.3 Å². The number of esters is 1. The minimum atomic E-state index is -1.10. The molecule has 3 N–H and O–H groups in total. The molecule has 2 aromatic carbocycles. The molecule has 0 amide bonds. The Kier molecular flexibility index (Phi) is 9.02. The lowest BCUT2D eigenvalue weighted by molar-refractivity contribution is -0.00643. The number of anilines is 1. The number of carbonyl (C=O) groups is 2. The molecule has 0 unspecified atom stereocenters. The van der Waals surface area contributed by atoms with Gasteiger partial charge in [0, 0.05) is 5.56 Å². The van der Waals surface area contributed by atoms with Crippen molar-refractivity contribution in [3.05, 3.63) is 53.1 Å². The van der Waals surface area contributed by atoms with E-state index in [0.717, 1.165) is 35.5 Å². The fourth-order valence-electron chi connectivity index (χ4n) is 7.97. The Labute approximate surface area is 238 Å². The molecule has 4 bridgehead atoms. The van der Waals surface area contributed by atoms with Crippen LogP contribution in [-0.2, 0) is 5.41 Å². The number of benzene rings is 2. The summed E-state index contributed by atoms with van der Waals surface area (Å²) in [6.45, 7) is 2.94. The van der Waals surface area contributed by atoms with Crippen molar-refractivity contribution in [1.29, 1.82) is 0 Å². The lowest BCUT2D eigenvalue weighted by Gasteiger charge is -2.57. The van der Waals surface area contributed by atoms with E-state index in [9.17, 15) is 14.7 Å². The molecule has 40 heavy (non-hydrogen) atoms. The van der Waals surface area contributed by atoms with Crippen LogP contribution in [0.25, 0.3) is 0 Å². The number of hydrogen-bond acceptors (Lipinski definition) is 5. The Balaban J connectivity index is 1.31. The number of unbranched alkanes of at least 4 members (excludes halogenated alkanes) is 7. The average Bonchev–Trinajstić information content (AvgIpc) is 2.92. The van der Waals surface area contributed by atoms with Gasteiger partial charge in [0.15, 0.2) is 5.75 Å². The van der Waals surface area contributed by atoms with Gasteiger partial charge < -0.3 is 20.3 Å². The predicted octanol–water partition coefficient (Wildman–Crippen LogP) is 8.17. The van der Waals surface area contributed by atoms with Crippen molar-refractivity contribution >= 4 is 17.6 Å². The molecule has 0 atom stereocenters. The topological polar surface area (TPSA) is 98.8 Å². The maximum Gasteiger partial charge on any atom is 0.343 e. The number of carboxylic acid groups (broad SMARTS) is 1. The van der Waals surface area contributed by atoms with E-state index < -0.39 is 11.9 Å². The third-order valence-electron chi connectivity index (χ3n) is 9.54. The van der Waals surface area contributed by atoms with Gasteiger partial charge in [0.1, 0.15) is 5.75 Å². The number of carbonyl (C=O) groups excluding carboxylic acids is 1. The van der Waals surface area contributed by atoms with Crippen molar-refractivity contribution in [2.45, 2.75) is 102 Å². The Bertz CT molecular complexity index is 1170. The Morgan fingerprint density at radius 3 is 2.05 bits per heavy atom. The second-order valence-corrected chi connectivity index (χ2v) is 12.7. The molecule has 216 valence electrons. The molecular weight excluding hydrogens is 502 g/mol. The summed E-state index contributed by atoms with van der Waals surface area (Å²) >= 11 is 0. The van der Waals surface area contributed by atoms with Gasteiger partial charge >= 0.3 is 11.9 Å². The molecule has 0 aromatic heterocycles. The van der Waals surface area contributed by atoms with Gasteiger partial charge in [-0.05, 0) is 105 Å². The summed E-state index contributed by atoms with van der Waals surface area (Å²) in [4.78, 5) is 24.7. The van der Waals surface area contributed by atoms with Crippen molar-refractivity contribution in [2.24, 2.45) is 17.8 Å². The van der Waals surface area contributed by atoms with Crippen molar-refractivity contribution < 1.29 is 24.2 Å². The molecule has 0 saturated heterocycles. The molecule has 4 saturated carbocycles. The third-order valence-corrected chi connectivity index (χ3v) is 9.54. The Morgan fingerprint density at radius 2 is 1.43 bits per heavy atom. The lowest BCUT2D eigenvalue weighted by Crippen LogP contribution is -2.48. The molecule has 4 aliphatic rings. The van der Waals surface area contributed by atoms with Gasteiger partial charge in [0.2, 0.25) is 0 Å². The Hall–Kier alpha value is -3.02. The van der Waals surface area contributed by atoms with Crippen LogP contribution < -0.4 is 15.2 Å². The molecule has 4 aliphatic carbocycles. The third kappa shape index (κ3) is 6.47. The SMILES string of the molecule is CCCCCCCCCCOc1ccc(C(=O)Oc2cc(C(=O)O)ccc2N)cc1C12CC3CC(CC(C3)C1)C2.